The van der Waals surface area contributed by atoms with E-state index in [2.05, 4.69) is 27.9 Å². The number of benzene rings is 1. The summed E-state index contributed by atoms with van der Waals surface area (Å²) in [6.45, 7) is 5.36. The molecule has 0 aliphatic heterocycles. The smallest absolute Gasteiger partial charge is 0.129 e. The molecule has 0 unspecified atom stereocenters. The first-order chi connectivity index (χ1) is 8.26. The average molecular weight is 270 g/mol. The minimum atomic E-state index is 0.674. The molecule has 0 aliphatic rings. The minimum Gasteiger partial charge on any atom is -0.382 e. The molecule has 0 saturated carbocycles. The van der Waals surface area contributed by atoms with Crippen molar-refractivity contribution in [3.8, 4) is 0 Å². The normalized spacial score (nSPS) is 11.3. The predicted octanol–water partition coefficient (Wildman–Crippen LogP) is 4.19. The molecule has 3 nitrogen and oxygen atoms in total. The van der Waals surface area contributed by atoms with Crippen molar-refractivity contribution in [2.75, 3.05) is 11.9 Å². The molecule has 5 heteroatoms. The van der Waals surface area contributed by atoms with E-state index in [4.69, 9.17) is 11.6 Å². The summed E-state index contributed by atoms with van der Waals surface area (Å²) in [5.41, 5.74) is 2.71. The van der Waals surface area contributed by atoms with Gasteiger partial charge in [-0.25, -0.2) is 0 Å². The lowest BCUT2D eigenvalue weighted by Crippen LogP contribution is -2.13. The van der Waals surface area contributed by atoms with Crippen LogP contribution in [0.3, 0.4) is 0 Å². The third-order valence-electron chi connectivity index (χ3n) is 3.10. The van der Waals surface area contributed by atoms with Crippen LogP contribution >= 0.6 is 23.3 Å². The van der Waals surface area contributed by atoms with Crippen LogP contribution < -0.4 is 5.32 Å². The summed E-state index contributed by atoms with van der Waals surface area (Å²) in [6, 6.07) is 3.78. The summed E-state index contributed by atoms with van der Waals surface area (Å²) in [4.78, 5) is 0. The molecule has 1 aromatic carbocycles. The SMILES string of the molecule is CCC(CC)CNc1c(Cl)ccc2nsnc12. The zero-order chi connectivity index (χ0) is 12.3. The topological polar surface area (TPSA) is 37.8 Å². The Labute approximate surface area is 111 Å². The summed E-state index contributed by atoms with van der Waals surface area (Å²) < 4.78 is 8.51. The first kappa shape index (κ1) is 12.6. The molecule has 0 amide bonds. The van der Waals surface area contributed by atoms with Crippen molar-refractivity contribution in [2.45, 2.75) is 26.7 Å². The van der Waals surface area contributed by atoms with Crippen LogP contribution in [0.4, 0.5) is 5.69 Å². The first-order valence-corrected chi connectivity index (χ1v) is 7.01. The van der Waals surface area contributed by atoms with Gasteiger partial charge in [0.25, 0.3) is 0 Å². The Bertz CT molecular complexity index is 493. The van der Waals surface area contributed by atoms with Gasteiger partial charge in [-0.05, 0) is 18.1 Å². The van der Waals surface area contributed by atoms with Crippen molar-refractivity contribution < 1.29 is 0 Å². The maximum absolute atomic E-state index is 6.20. The van der Waals surface area contributed by atoms with Gasteiger partial charge in [-0.2, -0.15) is 8.75 Å². The number of nitrogens with zero attached hydrogens (tertiary/aromatic N) is 2. The van der Waals surface area contributed by atoms with E-state index >= 15 is 0 Å². The highest BCUT2D eigenvalue weighted by Gasteiger charge is 2.11. The Balaban J connectivity index is 2.22. The van der Waals surface area contributed by atoms with Gasteiger partial charge in [-0.3, -0.25) is 0 Å². The molecule has 0 saturated heterocycles. The van der Waals surface area contributed by atoms with Gasteiger partial charge in [0.2, 0.25) is 0 Å². The second kappa shape index (κ2) is 5.65. The Hall–Kier alpha value is -0.870. The molecule has 92 valence electrons. The Morgan fingerprint density at radius 2 is 2.06 bits per heavy atom. The van der Waals surface area contributed by atoms with Gasteiger partial charge in [0.05, 0.1) is 22.4 Å². The highest BCUT2D eigenvalue weighted by atomic mass is 35.5. The number of nitrogens with one attached hydrogen (secondary N) is 1. The molecule has 2 aromatic rings. The van der Waals surface area contributed by atoms with Crippen LogP contribution in [0.5, 0.6) is 0 Å². The third-order valence-corrected chi connectivity index (χ3v) is 3.96. The molecule has 0 radical (unpaired) electrons. The van der Waals surface area contributed by atoms with Gasteiger partial charge in [0.15, 0.2) is 0 Å². The largest absolute Gasteiger partial charge is 0.382 e. The number of anilines is 1. The molecular formula is C12H16ClN3S. The van der Waals surface area contributed by atoms with Gasteiger partial charge < -0.3 is 5.32 Å². The maximum Gasteiger partial charge on any atom is 0.129 e. The Kier molecular flexibility index (Phi) is 4.18. The van der Waals surface area contributed by atoms with Crippen molar-refractivity contribution in [3.63, 3.8) is 0 Å². The van der Waals surface area contributed by atoms with Gasteiger partial charge in [-0.1, -0.05) is 38.3 Å². The lowest BCUT2D eigenvalue weighted by atomic mass is 10.0. The molecule has 0 fully saturated rings. The highest BCUT2D eigenvalue weighted by molar-refractivity contribution is 7.00. The zero-order valence-corrected chi connectivity index (χ0v) is 11.6. The van der Waals surface area contributed by atoms with Crippen LogP contribution in [-0.2, 0) is 0 Å². The van der Waals surface area contributed by atoms with E-state index in [-0.39, 0.29) is 0 Å². The summed E-state index contributed by atoms with van der Waals surface area (Å²) in [5.74, 6) is 0.674. The van der Waals surface area contributed by atoms with Gasteiger partial charge in [0, 0.05) is 6.54 Å². The molecule has 1 aromatic heterocycles. The van der Waals surface area contributed by atoms with Crippen LogP contribution in [-0.4, -0.2) is 15.3 Å². The van der Waals surface area contributed by atoms with Crippen LogP contribution in [0.2, 0.25) is 5.02 Å². The summed E-state index contributed by atoms with van der Waals surface area (Å²) >= 11 is 7.43. The fourth-order valence-corrected chi connectivity index (χ4v) is 2.58. The van der Waals surface area contributed by atoms with E-state index in [1.807, 2.05) is 12.1 Å². The molecule has 0 aliphatic carbocycles. The van der Waals surface area contributed by atoms with E-state index in [0.29, 0.717) is 5.92 Å². The number of aromatic nitrogens is 2. The van der Waals surface area contributed by atoms with Crippen molar-refractivity contribution in [1.82, 2.24) is 8.75 Å². The van der Waals surface area contributed by atoms with Gasteiger partial charge in [0.1, 0.15) is 11.0 Å². The van der Waals surface area contributed by atoms with E-state index < -0.39 is 0 Å². The monoisotopic (exact) mass is 269 g/mol. The van der Waals surface area contributed by atoms with Crippen LogP contribution in [0, 0.1) is 5.92 Å². The maximum atomic E-state index is 6.20. The average Bonchev–Trinajstić information content (AvgIpc) is 2.81. The van der Waals surface area contributed by atoms with Crippen LogP contribution in [0.25, 0.3) is 11.0 Å². The molecule has 0 spiro atoms. The number of fused-ring (bicyclic) bond motifs is 1. The lowest BCUT2D eigenvalue weighted by Gasteiger charge is -2.15. The predicted molar refractivity (Wildman–Crippen MR) is 75.0 cm³/mol. The van der Waals surface area contributed by atoms with Crippen molar-refractivity contribution >= 4 is 40.0 Å². The van der Waals surface area contributed by atoms with E-state index in [1.165, 1.54) is 24.6 Å². The Morgan fingerprint density at radius 3 is 2.76 bits per heavy atom. The highest BCUT2D eigenvalue weighted by Crippen LogP contribution is 2.30. The molecule has 0 bridgehead atoms. The Morgan fingerprint density at radius 1 is 1.29 bits per heavy atom. The second-order valence-electron chi connectivity index (χ2n) is 4.12. The van der Waals surface area contributed by atoms with E-state index in [9.17, 15) is 0 Å². The quantitative estimate of drug-likeness (QED) is 0.884. The molecular weight excluding hydrogens is 254 g/mol. The van der Waals surface area contributed by atoms with Crippen molar-refractivity contribution in [1.29, 1.82) is 0 Å². The number of hydrogen-bond donors (Lipinski definition) is 1. The molecule has 1 heterocycles. The van der Waals surface area contributed by atoms with Gasteiger partial charge in [-0.15, -0.1) is 0 Å². The zero-order valence-electron chi connectivity index (χ0n) is 10.0. The first-order valence-electron chi connectivity index (χ1n) is 5.90. The molecule has 2 rings (SSSR count). The van der Waals surface area contributed by atoms with Crippen molar-refractivity contribution in [3.05, 3.63) is 17.2 Å². The summed E-state index contributed by atoms with van der Waals surface area (Å²) in [7, 11) is 0. The fourth-order valence-electron chi connectivity index (χ4n) is 1.82. The standard InChI is InChI=1S/C12H16ClN3S/c1-3-8(4-2)7-14-11-9(13)5-6-10-12(11)16-17-15-10/h5-6,8,14H,3-4,7H2,1-2H3. The van der Waals surface area contributed by atoms with E-state index in [0.717, 1.165) is 28.3 Å². The molecule has 17 heavy (non-hydrogen) atoms. The van der Waals surface area contributed by atoms with Crippen LogP contribution in [0.15, 0.2) is 12.1 Å². The fraction of sp³-hybridized carbons (Fsp3) is 0.500. The van der Waals surface area contributed by atoms with E-state index in [1.54, 1.807) is 0 Å². The van der Waals surface area contributed by atoms with Crippen molar-refractivity contribution in [2.24, 2.45) is 5.92 Å². The summed E-state index contributed by atoms with van der Waals surface area (Å²) in [6.07, 6.45) is 2.35. The number of halogens is 1. The molecule has 1 N–H and O–H groups in total. The van der Waals surface area contributed by atoms with Gasteiger partial charge >= 0.3 is 0 Å². The second-order valence-corrected chi connectivity index (χ2v) is 5.05. The third kappa shape index (κ3) is 2.69. The lowest BCUT2D eigenvalue weighted by molar-refractivity contribution is 0.519. The van der Waals surface area contributed by atoms with Crippen LogP contribution in [0.1, 0.15) is 26.7 Å². The summed E-state index contributed by atoms with van der Waals surface area (Å²) in [5, 5.41) is 4.13. The number of rotatable bonds is 5. The minimum absolute atomic E-state index is 0.674. The number of hydrogen-bond acceptors (Lipinski definition) is 4. The molecule has 0 atom stereocenters.